The largest absolute Gasteiger partial charge is 0.278 e. The van der Waals surface area contributed by atoms with Crippen LogP contribution in [0.15, 0.2) is 134 Å². The van der Waals surface area contributed by atoms with Gasteiger partial charge in [0.1, 0.15) is 11.2 Å². The fourth-order valence-corrected chi connectivity index (χ4v) is 7.06. The summed E-state index contributed by atoms with van der Waals surface area (Å²) in [6.45, 7) is 0. The van der Waals surface area contributed by atoms with E-state index in [-0.39, 0.29) is 0 Å². The van der Waals surface area contributed by atoms with Crippen molar-refractivity contribution in [1.82, 2.24) is 29.5 Å². The van der Waals surface area contributed by atoms with E-state index in [1.54, 1.807) is 17.7 Å². The maximum atomic E-state index is 5.12. The highest BCUT2D eigenvalue weighted by Crippen LogP contribution is 2.42. The summed E-state index contributed by atoms with van der Waals surface area (Å²) < 4.78 is 3.34. The zero-order valence-electron chi connectivity index (χ0n) is 23.3. The molecule has 0 amide bonds. The number of nitrogens with zero attached hydrogens (tertiary/aromatic N) is 6. The third kappa shape index (κ3) is 3.91. The summed E-state index contributed by atoms with van der Waals surface area (Å²) in [5.41, 5.74) is 6.23. The van der Waals surface area contributed by atoms with E-state index in [0.717, 1.165) is 54.1 Å². The van der Waals surface area contributed by atoms with Crippen LogP contribution in [0.2, 0.25) is 0 Å². The first-order valence-corrected chi connectivity index (χ1v) is 15.2. The molecule has 0 saturated carbocycles. The number of rotatable bonds is 4. The van der Waals surface area contributed by atoms with Crippen LogP contribution in [0.4, 0.5) is 0 Å². The van der Waals surface area contributed by atoms with Crippen molar-refractivity contribution in [3.63, 3.8) is 0 Å². The third-order valence-corrected chi connectivity index (χ3v) is 9.14. The molecular formula is C37H22N6S. The van der Waals surface area contributed by atoms with Gasteiger partial charge in [0.2, 0.25) is 5.95 Å². The minimum absolute atomic E-state index is 0.572. The molecule has 0 radical (unpaired) electrons. The van der Waals surface area contributed by atoms with Gasteiger partial charge in [0, 0.05) is 43.6 Å². The Labute approximate surface area is 256 Å². The van der Waals surface area contributed by atoms with Crippen LogP contribution in [0.5, 0.6) is 0 Å². The molecule has 0 aliphatic heterocycles. The van der Waals surface area contributed by atoms with Gasteiger partial charge in [-0.3, -0.25) is 4.57 Å². The molecule has 0 N–H and O–H groups in total. The molecule has 0 spiro atoms. The predicted molar refractivity (Wildman–Crippen MR) is 179 cm³/mol. The molecule has 4 heterocycles. The van der Waals surface area contributed by atoms with E-state index in [1.807, 2.05) is 42.6 Å². The van der Waals surface area contributed by atoms with E-state index in [0.29, 0.717) is 17.6 Å². The van der Waals surface area contributed by atoms with Crippen LogP contribution >= 0.6 is 11.3 Å². The number of para-hydroxylation sites is 1. The Kier molecular flexibility index (Phi) is 5.57. The van der Waals surface area contributed by atoms with Crippen molar-refractivity contribution in [3.8, 4) is 39.9 Å². The Morgan fingerprint density at radius 3 is 1.91 bits per heavy atom. The maximum absolute atomic E-state index is 5.12. The smallest absolute Gasteiger partial charge is 0.238 e. The SMILES string of the molecule is c1ccc(-c2ccc(-c3nc(-c4ccccc4)nc(-n4c5ccccc5c5c6c(ccc54)sc4ncncc46)n3)cc2)cc1. The molecule has 5 aromatic carbocycles. The van der Waals surface area contributed by atoms with Gasteiger partial charge >= 0.3 is 0 Å². The fraction of sp³-hybridized carbons (Fsp3) is 0. The molecule has 0 saturated heterocycles. The number of hydrogen-bond acceptors (Lipinski definition) is 6. The Bertz CT molecular complexity index is 2480. The average Bonchev–Trinajstić information content (AvgIpc) is 3.64. The molecule has 0 atom stereocenters. The number of hydrogen-bond donors (Lipinski definition) is 0. The lowest BCUT2D eigenvalue weighted by molar-refractivity contribution is 0.953. The molecule has 0 aliphatic rings. The normalized spacial score (nSPS) is 11.6. The molecule has 9 aromatic rings. The molecule has 7 heteroatoms. The Morgan fingerprint density at radius 2 is 1.14 bits per heavy atom. The van der Waals surface area contributed by atoms with E-state index < -0.39 is 0 Å². The molecule has 6 nitrogen and oxygen atoms in total. The van der Waals surface area contributed by atoms with Gasteiger partial charge in [-0.05, 0) is 29.3 Å². The molecule has 44 heavy (non-hydrogen) atoms. The summed E-state index contributed by atoms with van der Waals surface area (Å²) in [5.74, 6) is 1.82. The van der Waals surface area contributed by atoms with Gasteiger partial charge in [-0.15, -0.1) is 11.3 Å². The van der Waals surface area contributed by atoms with Crippen LogP contribution in [0.1, 0.15) is 0 Å². The van der Waals surface area contributed by atoms with Crippen molar-refractivity contribution in [2.45, 2.75) is 0 Å². The molecule has 0 aliphatic carbocycles. The number of fused-ring (bicyclic) bond motifs is 7. The van der Waals surface area contributed by atoms with E-state index in [4.69, 9.17) is 15.0 Å². The third-order valence-electron chi connectivity index (χ3n) is 8.06. The van der Waals surface area contributed by atoms with Crippen LogP contribution in [-0.2, 0) is 0 Å². The van der Waals surface area contributed by atoms with E-state index >= 15 is 0 Å². The molecule has 0 bridgehead atoms. The first-order chi connectivity index (χ1) is 21.8. The van der Waals surface area contributed by atoms with Crippen LogP contribution in [-0.4, -0.2) is 29.5 Å². The van der Waals surface area contributed by atoms with Gasteiger partial charge in [-0.1, -0.05) is 103 Å². The Hall–Kier alpha value is -5.79. The summed E-state index contributed by atoms with van der Waals surface area (Å²) in [4.78, 5) is 25.1. The highest BCUT2D eigenvalue weighted by molar-refractivity contribution is 7.25. The summed E-state index contributed by atoms with van der Waals surface area (Å²) in [5, 5.41) is 4.50. The molecular weight excluding hydrogens is 561 g/mol. The van der Waals surface area contributed by atoms with Crippen molar-refractivity contribution in [3.05, 3.63) is 134 Å². The topological polar surface area (TPSA) is 69.4 Å². The second-order valence-corrected chi connectivity index (χ2v) is 11.7. The number of aromatic nitrogens is 6. The highest BCUT2D eigenvalue weighted by atomic mass is 32.1. The number of benzene rings is 5. The van der Waals surface area contributed by atoms with E-state index in [2.05, 4.69) is 99.5 Å². The first-order valence-electron chi connectivity index (χ1n) is 14.3. The second kappa shape index (κ2) is 9.90. The summed E-state index contributed by atoms with van der Waals surface area (Å²) in [6, 6.07) is 41.7. The van der Waals surface area contributed by atoms with Crippen molar-refractivity contribution in [2.24, 2.45) is 0 Å². The van der Waals surface area contributed by atoms with Gasteiger partial charge in [-0.25, -0.2) is 15.0 Å². The molecule has 206 valence electrons. The van der Waals surface area contributed by atoms with E-state index in [9.17, 15) is 0 Å². The van der Waals surface area contributed by atoms with Crippen LogP contribution < -0.4 is 0 Å². The molecule has 0 fully saturated rings. The van der Waals surface area contributed by atoms with Crippen molar-refractivity contribution < 1.29 is 0 Å². The quantitative estimate of drug-likeness (QED) is 0.207. The summed E-state index contributed by atoms with van der Waals surface area (Å²) in [6.07, 6.45) is 3.53. The minimum Gasteiger partial charge on any atom is -0.278 e. The van der Waals surface area contributed by atoms with Gasteiger partial charge in [0.25, 0.3) is 0 Å². The fourth-order valence-electron chi connectivity index (χ4n) is 6.04. The molecule has 4 aromatic heterocycles. The summed E-state index contributed by atoms with van der Waals surface area (Å²) >= 11 is 1.69. The average molecular weight is 583 g/mol. The van der Waals surface area contributed by atoms with Crippen molar-refractivity contribution >= 4 is 53.4 Å². The van der Waals surface area contributed by atoms with Gasteiger partial charge < -0.3 is 0 Å². The Morgan fingerprint density at radius 1 is 0.500 bits per heavy atom. The second-order valence-electron chi connectivity index (χ2n) is 10.6. The van der Waals surface area contributed by atoms with Crippen molar-refractivity contribution in [2.75, 3.05) is 0 Å². The molecule has 9 rings (SSSR count). The van der Waals surface area contributed by atoms with Crippen LogP contribution in [0.3, 0.4) is 0 Å². The lowest BCUT2D eigenvalue weighted by atomic mass is 10.0. The lowest BCUT2D eigenvalue weighted by Crippen LogP contribution is -2.06. The minimum atomic E-state index is 0.572. The van der Waals surface area contributed by atoms with Crippen LogP contribution in [0, 0.1) is 0 Å². The standard InChI is InChI=1S/C37H22N6S/c1-3-9-23(10-4-1)24-15-17-26(18-16-24)35-40-34(25-11-5-2-6-12-25)41-37(42-35)43-29-14-8-7-13-27(29)32-30(43)19-20-31-33(32)28-21-38-22-39-36(28)44-31/h1-22H. The van der Waals surface area contributed by atoms with Crippen LogP contribution in [0.25, 0.3) is 82.0 Å². The lowest BCUT2D eigenvalue weighted by Gasteiger charge is -2.11. The highest BCUT2D eigenvalue weighted by Gasteiger charge is 2.21. The monoisotopic (exact) mass is 582 g/mol. The summed E-state index contributed by atoms with van der Waals surface area (Å²) in [7, 11) is 0. The van der Waals surface area contributed by atoms with Crippen molar-refractivity contribution in [1.29, 1.82) is 0 Å². The molecule has 0 unspecified atom stereocenters. The zero-order chi connectivity index (χ0) is 29.0. The number of thiophene rings is 1. The predicted octanol–water partition coefficient (Wildman–Crippen LogP) is 9.13. The first kappa shape index (κ1) is 24.8. The zero-order valence-corrected chi connectivity index (χ0v) is 24.1. The van der Waals surface area contributed by atoms with Gasteiger partial charge in [-0.2, -0.15) is 9.97 Å². The Balaban J connectivity index is 1.32. The van der Waals surface area contributed by atoms with E-state index in [1.165, 1.54) is 10.3 Å². The van der Waals surface area contributed by atoms with Gasteiger partial charge in [0.05, 0.1) is 11.0 Å². The van der Waals surface area contributed by atoms with Gasteiger partial charge in [0.15, 0.2) is 11.6 Å². The maximum Gasteiger partial charge on any atom is 0.238 e.